The molecule has 2 fully saturated rings. The predicted molar refractivity (Wildman–Crippen MR) is 107 cm³/mol. The highest BCUT2D eigenvalue weighted by atomic mass is 32.2. The number of sulfonamides is 1. The minimum absolute atomic E-state index is 0.0500. The molecule has 28 heavy (non-hydrogen) atoms. The van der Waals surface area contributed by atoms with Gasteiger partial charge >= 0.3 is 0 Å². The van der Waals surface area contributed by atoms with Crippen LogP contribution in [0.1, 0.15) is 37.3 Å². The second-order valence-corrected chi connectivity index (χ2v) is 10.6. The number of hydrogen-bond acceptors (Lipinski definition) is 4. The highest BCUT2D eigenvalue weighted by molar-refractivity contribution is 7.89. The summed E-state index contributed by atoms with van der Waals surface area (Å²) in [7, 11) is -1.85. The highest BCUT2D eigenvalue weighted by Crippen LogP contribution is 2.44. The summed E-state index contributed by atoms with van der Waals surface area (Å²) in [5.41, 5.74) is 2.33. The van der Waals surface area contributed by atoms with Crippen LogP contribution < -0.4 is 0 Å². The van der Waals surface area contributed by atoms with Gasteiger partial charge in [0.15, 0.2) is 0 Å². The van der Waals surface area contributed by atoms with Crippen LogP contribution in [0.25, 0.3) is 0 Å². The fraction of sp³-hybridized carbons (Fsp3) is 0.667. The predicted octanol–water partition coefficient (Wildman–Crippen LogP) is 2.07. The van der Waals surface area contributed by atoms with E-state index in [0.29, 0.717) is 37.7 Å². The minimum Gasteiger partial charge on any atom is -0.384 e. The molecule has 3 aliphatic rings. The first kappa shape index (κ1) is 19.9. The number of piperidine rings is 1. The molecule has 0 spiro atoms. The second kappa shape index (κ2) is 7.43. The third-order valence-corrected chi connectivity index (χ3v) is 8.79. The summed E-state index contributed by atoms with van der Waals surface area (Å²) in [4.78, 5) is 14.2. The number of likely N-dealkylation sites (tertiary alicyclic amines) is 1. The highest BCUT2D eigenvalue weighted by Gasteiger charge is 2.51. The van der Waals surface area contributed by atoms with E-state index in [1.807, 2.05) is 17.0 Å². The van der Waals surface area contributed by atoms with E-state index < -0.39 is 10.0 Å². The van der Waals surface area contributed by atoms with E-state index in [4.69, 9.17) is 4.74 Å². The van der Waals surface area contributed by atoms with Gasteiger partial charge in [0.1, 0.15) is 0 Å². The summed E-state index contributed by atoms with van der Waals surface area (Å²) in [5.74, 6) is 0.159. The zero-order valence-corrected chi connectivity index (χ0v) is 17.6. The Morgan fingerprint density at radius 3 is 2.68 bits per heavy atom. The molecule has 6 nitrogen and oxygen atoms in total. The molecule has 4 rings (SSSR count). The third-order valence-electron chi connectivity index (χ3n) is 6.93. The smallest absolute Gasteiger partial charge is 0.243 e. The molecular formula is C21H30N2O4S. The van der Waals surface area contributed by atoms with Crippen LogP contribution >= 0.6 is 0 Å². The number of carbonyl (C=O) groups excluding carboxylic acids is 1. The monoisotopic (exact) mass is 406 g/mol. The number of hydrogen-bond donors (Lipinski definition) is 0. The topological polar surface area (TPSA) is 66.9 Å². The lowest BCUT2D eigenvalue weighted by Gasteiger charge is -2.42. The molecule has 2 saturated heterocycles. The van der Waals surface area contributed by atoms with E-state index in [9.17, 15) is 13.2 Å². The first-order valence-corrected chi connectivity index (χ1v) is 11.7. The maximum Gasteiger partial charge on any atom is 0.243 e. The summed E-state index contributed by atoms with van der Waals surface area (Å²) in [5, 5.41) is 0. The molecule has 2 aliphatic heterocycles. The molecule has 2 heterocycles. The van der Waals surface area contributed by atoms with Crippen molar-refractivity contribution in [1.82, 2.24) is 9.21 Å². The quantitative estimate of drug-likeness (QED) is 0.768. The van der Waals surface area contributed by atoms with Gasteiger partial charge in [0.25, 0.3) is 0 Å². The van der Waals surface area contributed by atoms with Crippen molar-refractivity contribution in [3.63, 3.8) is 0 Å². The Hall–Kier alpha value is -1.44. The molecule has 1 aromatic rings. The third kappa shape index (κ3) is 3.37. The lowest BCUT2D eigenvalue weighted by atomic mass is 9.74. The van der Waals surface area contributed by atoms with Crippen LogP contribution in [0.3, 0.4) is 0 Å². The van der Waals surface area contributed by atoms with Crippen LogP contribution in [-0.2, 0) is 32.4 Å². The van der Waals surface area contributed by atoms with Crippen LogP contribution in [0.2, 0.25) is 0 Å². The van der Waals surface area contributed by atoms with Gasteiger partial charge in [-0.1, -0.05) is 6.07 Å². The van der Waals surface area contributed by atoms with E-state index >= 15 is 0 Å². The van der Waals surface area contributed by atoms with Crippen LogP contribution in [0.4, 0.5) is 0 Å². The van der Waals surface area contributed by atoms with Crippen LogP contribution in [0.5, 0.6) is 0 Å². The van der Waals surface area contributed by atoms with Crippen LogP contribution in [0.15, 0.2) is 23.1 Å². The zero-order chi connectivity index (χ0) is 19.9. The molecule has 7 heteroatoms. The number of aryl methyl sites for hydroxylation is 2. The van der Waals surface area contributed by atoms with Gasteiger partial charge in [0.2, 0.25) is 15.9 Å². The lowest BCUT2D eigenvalue weighted by molar-refractivity contribution is -0.128. The zero-order valence-electron chi connectivity index (χ0n) is 16.8. The van der Waals surface area contributed by atoms with Crippen molar-refractivity contribution in [2.45, 2.75) is 43.9 Å². The molecule has 1 aliphatic carbocycles. The first-order chi connectivity index (χ1) is 13.4. The summed E-state index contributed by atoms with van der Waals surface area (Å²) in [6.45, 7) is 4.34. The molecule has 2 atom stereocenters. The van der Waals surface area contributed by atoms with Crippen LogP contribution in [0, 0.1) is 11.3 Å². The fourth-order valence-corrected chi connectivity index (χ4v) is 6.79. The van der Waals surface area contributed by atoms with Crippen molar-refractivity contribution < 1.29 is 17.9 Å². The average molecular weight is 407 g/mol. The summed E-state index contributed by atoms with van der Waals surface area (Å²) >= 11 is 0. The Kier molecular flexibility index (Phi) is 5.27. The summed E-state index contributed by atoms with van der Waals surface area (Å²) in [6, 6.07) is 5.65. The average Bonchev–Trinajstić information content (AvgIpc) is 3.07. The minimum atomic E-state index is -3.52. The molecular weight excluding hydrogens is 376 g/mol. The molecule has 0 unspecified atom stereocenters. The molecule has 1 amide bonds. The lowest BCUT2D eigenvalue weighted by Crippen LogP contribution is -2.50. The molecule has 1 aromatic carbocycles. The number of amides is 1. The van der Waals surface area contributed by atoms with Crippen LogP contribution in [-0.4, -0.2) is 63.4 Å². The van der Waals surface area contributed by atoms with Gasteiger partial charge in [-0.2, -0.15) is 4.31 Å². The first-order valence-electron chi connectivity index (χ1n) is 10.2. The number of rotatable bonds is 4. The van der Waals surface area contributed by atoms with Crippen molar-refractivity contribution in [1.29, 1.82) is 0 Å². The second-order valence-electron chi connectivity index (χ2n) is 8.64. The Bertz CT molecular complexity index is 869. The van der Waals surface area contributed by atoms with Crippen molar-refractivity contribution in [2.24, 2.45) is 11.3 Å². The van der Waals surface area contributed by atoms with Gasteiger partial charge in [-0.25, -0.2) is 8.42 Å². The molecule has 0 aromatic heterocycles. The van der Waals surface area contributed by atoms with E-state index in [0.717, 1.165) is 25.7 Å². The number of ether oxygens (including phenoxy) is 1. The molecule has 0 bridgehead atoms. The maximum absolute atomic E-state index is 13.4. The van der Waals surface area contributed by atoms with E-state index in [-0.39, 0.29) is 17.2 Å². The van der Waals surface area contributed by atoms with E-state index in [1.54, 1.807) is 24.4 Å². The Morgan fingerprint density at radius 1 is 1.21 bits per heavy atom. The Morgan fingerprint density at radius 2 is 1.96 bits per heavy atom. The van der Waals surface area contributed by atoms with Gasteiger partial charge < -0.3 is 9.64 Å². The SMILES string of the molecule is COC[C@@]12CCN(S(=O)(=O)c3ccc4c(c3)CCCC4)C[C@@H]1CN(C(C)=O)C2. The number of methoxy groups -OCH3 is 1. The fourth-order valence-electron chi connectivity index (χ4n) is 5.25. The van der Waals surface area contributed by atoms with Gasteiger partial charge in [-0.3, -0.25) is 4.79 Å². The largest absolute Gasteiger partial charge is 0.384 e. The van der Waals surface area contributed by atoms with Crippen molar-refractivity contribution in [3.05, 3.63) is 29.3 Å². The number of nitrogens with zero attached hydrogens (tertiary/aromatic N) is 2. The van der Waals surface area contributed by atoms with Gasteiger partial charge in [-0.15, -0.1) is 0 Å². The van der Waals surface area contributed by atoms with Crippen molar-refractivity contribution >= 4 is 15.9 Å². The summed E-state index contributed by atoms with van der Waals surface area (Å²) < 4.78 is 33.8. The van der Waals surface area contributed by atoms with Gasteiger partial charge in [-0.05, 0) is 61.3 Å². The van der Waals surface area contributed by atoms with Gasteiger partial charge in [0.05, 0.1) is 11.5 Å². The number of fused-ring (bicyclic) bond motifs is 2. The Labute approximate surface area is 167 Å². The molecule has 0 radical (unpaired) electrons. The number of benzene rings is 1. The van der Waals surface area contributed by atoms with Gasteiger partial charge in [0, 0.05) is 45.6 Å². The maximum atomic E-state index is 13.4. The summed E-state index contributed by atoms with van der Waals surface area (Å²) in [6.07, 6.45) is 5.04. The van der Waals surface area contributed by atoms with Crippen molar-refractivity contribution in [3.8, 4) is 0 Å². The molecule has 0 saturated carbocycles. The molecule has 0 N–H and O–H groups in total. The standard InChI is InChI=1S/C21H30N2O4S/c1-16(24)22-12-19-13-23(10-9-21(19,14-22)15-27-2)28(25,26)20-8-7-17-5-3-4-6-18(17)11-20/h7-8,11,19H,3-6,9-10,12-15H2,1-2H3/t19-,21-/m0/s1. The normalized spacial score (nSPS) is 28.1. The van der Waals surface area contributed by atoms with Crippen molar-refractivity contribution in [2.75, 3.05) is 39.9 Å². The van der Waals surface area contributed by atoms with E-state index in [2.05, 4.69) is 0 Å². The number of carbonyl (C=O) groups is 1. The Balaban J connectivity index is 1.58. The van der Waals surface area contributed by atoms with E-state index in [1.165, 1.54) is 17.5 Å². The molecule has 154 valence electrons.